The monoisotopic (exact) mass is 386 g/mol. The van der Waals surface area contributed by atoms with Crippen LogP contribution in [-0.4, -0.2) is 36.0 Å². The summed E-state index contributed by atoms with van der Waals surface area (Å²) in [7, 11) is 1.68. The van der Waals surface area contributed by atoms with Crippen LogP contribution in [0.4, 0.5) is 5.13 Å². The van der Waals surface area contributed by atoms with E-state index in [2.05, 4.69) is 26.2 Å². The number of ether oxygens (including phenoxy) is 2. The van der Waals surface area contributed by atoms with E-state index in [9.17, 15) is 4.79 Å². The van der Waals surface area contributed by atoms with E-state index >= 15 is 0 Å². The van der Waals surface area contributed by atoms with Gasteiger partial charge in [-0.25, -0.2) is 4.98 Å². The minimum atomic E-state index is -0.195. The number of carbonyl (C=O) groups is 1. The number of alkyl halides is 1. The van der Waals surface area contributed by atoms with Gasteiger partial charge in [0.15, 0.2) is 5.13 Å². The van der Waals surface area contributed by atoms with Crippen molar-refractivity contribution in [1.82, 2.24) is 4.98 Å². The Bertz CT molecular complexity index is 632. The summed E-state index contributed by atoms with van der Waals surface area (Å²) in [5, 5.41) is 3.43. The zero-order valence-corrected chi connectivity index (χ0v) is 15.0. The molecule has 1 N–H and O–H groups in total. The number of halogens is 1. The zero-order valence-electron chi connectivity index (χ0n) is 12.6. The quantitative estimate of drug-likeness (QED) is 0.553. The fourth-order valence-corrected chi connectivity index (χ4v) is 2.82. The summed E-state index contributed by atoms with van der Waals surface area (Å²) in [6.45, 7) is 3.25. The Morgan fingerprint density at radius 2 is 2.27 bits per heavy atom. The zero-order chi connectivity index (χ0) is 15.9. The molecule has 0 aliphatic rings. The Morgan fingerprint density at radius 3 is 3.00 bits per heavy atom. The number of hydrogen-bond donors (Lipinski definition) is 1. The van der Waals surface area contributed by atoms with E-state index in [0.717, 1.165) is 28.8 Å². The van der Waals surface area contributed by atoms with E-state index in [1.807, 2.05) is 25.1 Å². The summed E-state index contributed by atoms with van der Waals surface area (Å²) >= 11 is 4.77. The van der Waals surface area contributed by atoms with Gasteiger partial charge in [0.1, 0.15) is 5.75 Å². The number of thiazole rings is 1. The van der Waals surface area contributed by atoms with Crippen molar-refractivity contribution in [2.24, 2.45) is 0 Å². The van der Waals surface area contributed by atoms with Crippen LogP contribution in [0.25, 0.3) is 10.2 Å². The lowest BCUT2D eigenvalue weighted by Crippen LogP contribution is -2.21. The Morgan fingerprint density at radius 1 is 1.45 bits per heavy atom. The molecule has 2 aromatic rings. The minimum absolute atomic E-state index is 0.0717. The summed E-state index contributed by atoms with van der Waals surface area (Å²) in [4.78, 5) is 16.1. The van der Waals surface area contributed by atoms with Gasteiger partial charge in [0.2, 0.25) is 5.91 Å². The molecule has 7 heteroatoms. The van der Waals surface area contributed by atoms with Crippen molar-refractivity contribution in [2.75, 3.05) is 25.6 Å². The highest BCUT2D eigenvalue weighted by Crippen LogP contribution is 2.29. The van der Waals surface area contributed by atoms with Crippen molar-refractivity contribution in [2.45, 2.75) is 24.6 Å². The van der Waals surface area contributed by atoms with Gasteiger partial charge in [-0.1, -0.05) is 34.2 Å². The molecular formula is C15H19BrN2O3S. The van der Waals surface area contributed by atoms with Gasteiger partial charge in [-0.15, -0.1) is 0 Å². The van der Waals surface area contributed by atoms with E-state index in [-0.39, 0.29) is 10.7 Å². The van der Waals surface area contributed by atoms with Gasteiger partial charge in [-0.05, 0) is 24.6 Å². The van der Waals surface area contributed by atoms with Crippen molar-refractivity contribution < 1.29 is 14.3 Å². The normalized spacial score (nSPS) is 12.3. The number of fused-ring (bicyclic) bond motifs is 1. The van der Waals surface area contributed by atoms with E-state index < -0.39 is 0 Å². The molecule has 2 rings (SSSR count). The first-order valence-electron chi connectivity index (χ1n) is 7.11. The summed E-state index contributed by atoms with van der Waals surface area (Å²) < 4.78 is 11.6. The molecule has 0 aliphatic carbocycles. The maximum atomic E-state index is 11.9. The molecule has 0 radical (unpaired) electrons. The highest BCUT2D eigenvalue weighted by Gasteiger charge is 2.14. The van der Waals surface area contributed by atoms with Crippen LogP contribution in [0.5, 0.6) is 5.75 Å². The van der Waals surface area contributed by atoms with Crippen molar-refractivity contribution in [3.8, 4) is 5.75 Å². The molecule has 0 saturated heterocycles. The molecule has 1 aromatic heterocycles. The number of carbonyl (C=O) groups excluding carboxylic acids is 1. The molecule has 1 heterocycles. The molecule has 0 aliphatic heterocycles. The van der Waals surface area contributed by atoms with Crippen LogP contribution in [0.15, 0.2) is 18.2 Å². The summed E-state index contributed by atoms with van der Waals surface area (Å²) in [6, 6.07) is 5.74. The average Bonchev–Trinajstić information content (AvgIpc) is 2.92. The lowest BCUT2D eigenvalue weighted by Gasteiger charge is -2.05. The second kappa shape index (κ2) is 8.45. The largest absolute Gasteiger partial charge is 0.493 e. The highest BCUT2D eigenvalue weighted by molar-refractivity contribution is 9.10. The number of nitrogens with one attached hydrogen (secondary N) is 1. The van der Waals surface area contributed by atoms with Crippen LogP contribution in [-0.2, 0) is 9.53 Å². The Hall–Kier alpha value is -1.18. The van der Waals surface area contributed by atoms with Crippen LogP contribution in [0.1, 0.15) is 19.8 Å². The fourth-order valence-electron chi connectivity index (χ4n) is 1.81. The second-order valence-corrected chi connectivity index (χ2v) is 6.84. The van der Waals surface area contributed by atoms with Gasteiger partial charge in [-0.2, -0.15) is 0 Å². The average molecular weight is 387 g/mol. The topological polar surface area (TPSA) is 60.5 Å². The first-order chi connectivity index (χ1) is 10.6. The van der Waals surface area contributed by atoms with Gasteiger partial charge in [0.05, 0.1) is 21.7 Å². The molecule has 120 valence electrons. The molecule has 0 saturated carbocycles. The van der Waals surface area contributed by atoms with Crippen LogP contribution < -0.4 is 10.1 Å². The molecule has 0 fully saturated rings. The van der Waals surface area contributed by atoms with E-state index in [1.54, 1.807) is 7.11 Å². The maximum absolute atomic E-state index is 11.9. The molecule has 1 atom stereocenters. The van der Waals surface area contributed by atoms with Crippen molar-refractivity contribution >= 4 is 48.5 Å². The molecule has 1 aromatic carbocycles. The number of anilines is 1. The lowest BCUT2D eigenvalue weighted by molar-refractivity contribution is -0.115. The molecule has 0 spiro atoms. The van der Waals surface area contributed by atoms with Crippen molar-refractivity contribution in [1.29, 1.82) is 0 Å². The van der Waals surface area contributed by atoms with Gasteiger partial charge in [-0.3, -0.25) is 4.79 Å². The predicted molar refractivity (Wildman–Crippen MR) is 93.2 cm³/mol. The third-order valence-electron chi connectivity index (χ3n) is 2.99. The maximum Gasteiger partial charge on any atom is 0.239 e. The SMILES string of the molecule is CCC(Br)C(=O)Nc1nc2ccc(OCCCOC)cc2s1. The van der Waals surface area contributed by atoms with Gasteiger partial charge in [0.25, 0.3) is 0 Å². The molecule has 22 heavy (non-hydrogen) atoms. The second-order valence-electron chi connectivity index (χ2n) is 4.71. The lowest BCUT2D eigenvalue weighted by atomic mass is 10.3. The predicted octanol–water partition coefficient (Wildman–Crippen LogP) is 3.82. The highest BCUT2D eigenvalue weighted by atomic mass is 79.9. The van der Waals surface area contributed by atoms with Crippen LogP contribution in [0.3, 0.4) is 0 Å². The third-order valence-corrected chi connectivity index (χ3v) is 4.99. The van der Waals surface area contributed by atoms with E-state index in [4.69, 9.17) is 9.47 Å². The summed E-state index contributed by atoms with van der Waals surface area (Å²) in [5.74, 6) is 0.731. The summed E-state index contributed by atoms with van der Waals surface area (Å²) in [6.07, 6.45) is 1.58. The minimum Gasteiger partial charge on any atom is -0.493 e. The standard InChI is InChI=1S/C15H19BrN2O3S/c1-3-11(16)14(19)18-15-17-12-6-5-10(9-13(12)22-15)21-8-4-7-20-2/h5-6,9,11H,3-4,7-8H2,1-2H3,(H,17,18,19). The molecule has 0 bridgehead atoms. The molecule has 5 nitrogen and oxygen atoms in total. The summed E-state index contributed by atoms with van der Waals surface area (Å²) in [5.41, 5.74) is 0.854. The Kier molecular flexibility index (Phi) is 6.60. The van der Waals surface area contributed by atoms with Crippen LogP contribution in [0, 0.1) is 0 Å². The van der Waals surface area contributed by atoms with Crippen molar-refractivity contribution in [3.05, 3.63) is 18.2 Å². The Labute approximate surface area is 142 Å². The molecule has 1 unspecified atom stereocenters. The van der Waals surface area contributed by atoms with E-state index in [0.29, 0.717) is 18.3 Å². The van der Waals surface area contributed by atoms with Gasteiger partial charge in [0, 0.05) is 20.1 Å². The van der Waals surface area contributed by atoms with Gasteiger partial charge < -0.3 is 14.8 Å². The fraction of sp³-hybridized carbons (Fsp3) is 0.467. The third kappa shape index (κ3) is 4.66. The Balaban J connectivity index is 2.02. The smallest absolute Gasteiger partial charge is 0.239 e. The first kappa shape index (κ1) is 17.2. The van der Waals surface area contributed by atoms with Crippen LogP contribution in [0.2, 0.25) is 0 Å². The van der Waals surface area contributed by atoms with Crippen molar-refractivity contribution in [3.63, 3.8) is 0 Å². The number of nitrogens with zero attached hydrogens (tertiary/aromatic N) is 1. The number of methoxy groups -OCH3 is 1. The number of rotatable bonds is 8. The molecule has 1 amide bonds. The molecular weight excluding hydrogens is 368 g/mol. The van der Waals surface area contributed by atoms with Crippen LogP contribution >= 0.6 is 27.3 Å². The number of aromatic nitrogens is 1. The first-order valence-corrected chi connectivity index (χ1v) is 8.84. The van der Waals surface area contributed by atoms with E-state index in [1.165, 1.54) is 11.3 Å². The number of benzene rings is 1. The van der Waals surface area contributed by atoms with Gasteiger partial charge >= 0.3 is 0 Å². The number of hydrogen-bond acceptors (Lipinski definition) is 5. The number of amides is 1.